The molecule has 0 saturated heterocycles. The molecular formula is C15H11ClF3N3. The lowest BCUT2D eigenvalue weighted by molar-refractivity contribution is -0.137. The van der Waals surface area contributed by atoms with Crippen molar-refractivity contribution in [2.45, 2.75) is 19.5 Å². The Morgan fingerprint density at radius 3 is 2.68 bits per heavy atom. The van der Waals surface area contributed by atoms with Crippen molar-refractivity contribution in [2.24, 2.45) is 0 Å². The molecule has 0 unspecified atom stereocenters. The summed E-state index contributed by atoms with van der Waals surface area (Å²) < 4.78 is 39.6. The summed E-state index contributed by atoms with van der Waals surface area (Å²) in [6.45, 7) is 1.81. The Kier molecular flexibility index (Phi) is 3.56. The lowest BCUT2D eigenvalue weighted by Gasteiger charge is -2.07. The number of aromatic nitrogens is 3. The van der Waals surface area contributed by atoms with Crippen LogP contribution >= 0.6 is 11.6 Å². The van der Waals surface area contributed by atoms with Crippen LogP contribution in [-0.2, 0) is 12.6 Å². The molecule has 0 N–H and O–H groups in total. The van der Waals surface area contributed by atoms with Crippen molar-refractivity contribution < 1.29 is 13.2 Å². The van der Waals surface area contributed by atoms with Crippen molar-refractivity contribution in [1.82, 2.24) is 14.6 Å². The maximum atomic E-state index is 12.7. The van der Waals surface area contributed by atoms with Crippen molar-refractivity contribution in [2.75, 3.05) is 0 Å². The minimum Gasteiger partial charge on any atom is -0.234 e. The molecule has 2 heterocycles. The largest absolute Gasteiger partial charge is 0.416 e. The second-order valence-electron chi connectivity index (χ2n) is 5.00. The number of hydrogen-bond acceptors (Lipinski definition) is 2. The summed E-state index contributed by atoms with van der Waals surface area (Å²) in [5.74, 6) is 0. The van der Waals surface area contributed by atoms with E-state index >= 15 is 0 Å². The fraction of sp³-hybridized carbons (Fsp3) is 0.200. The fourth-order valence-electron chi connectivity index (χ4n) is 2.26. The molecule has 114 valence electrons. The fourth-order valence-corrected chi connectivity index (χ4v) is 2.54. The predicted molar refractivity (Wildman–Crippen MR) is 77.0 cm³/mol. The standard InChI is InChI=1S/C15H11ClF3N3/c1-9-5-13(16)22-14(20-9)8-12(21-22)7-10-3-2-4-11(6-10)15(17,18)19/h2-6,8H,7H2,1H3. The van der Waals surface area contributed by atoms with E-state index in [1.807, 2.05) is 6.92 Å². The number of fused-ring (bicyclic) bond motifs is 1. The number of nitrogens with zero attached hydrogens (tertiary/aromatic N) is 3. The number of rotatable bonds is 2. The summed E-state index contributed by atoms with van der Waals surface area (Å²) in [6, 6.07) is 8.61. The van der Waals surface area contributed by atoms with Crippen LogP contribution in [-0.4, -0.2) is 14.6 Å². The highest BCUT2D eigenvalue weighted by Gasteiger charge is 2.30. The Morgan fingerprint density at radius 1 is 1.18 bits per heavy atom. The molecule has 3 aromatic rings. The van der Waals surface area contributed by atoms with Crippen molar-refractivity contribution in [1.29, 1.82) is 0 Å². The van der Waals surface area contributed by atoms with Gasteiger partial charge in [-0.05, 0) is 24.6 Å². The molecule has 0 atom stereocenters. The average Bonchev–Trinajstić information content (AvgIpc) is 2.80. The van der Waals surface area contributed by atoms with Crippen molar-refractivity contribution in [3.63, 3.8) is 0 Å². The number of alkyl halides is 3. The summed E-state index contributed by atoms with van der Waals surface area (Å²) in [5.41, 5.74) is 1.81. The first-order valence-corrected chi connectivity index (χ1v) is 6.89. The minimum atomic E-state index is -4.35. The first-order chi connectivity index (χ1) is 10.3. The van der Waals surface area contributed by atoms with Crippen LogP contribution in [0.1, 0.15) is 22.5 Å². The number of halogens is 4. The monoisotopic (exact) mass is 325 g/mol. The molecule has 1 aromatic carbocycles. The van der Waals surface area contributed by atoms with Gasteiger partial charge in [0.05, 0.1) is 11.3 Å². The zero-order valence-corrected chi connectivity index (χ0v) is 12.3. The molecule has 3 nitrogen and oxygen atoms in total. The average molecular weight is 326 g/mol. The van der Waals surface area contributed by atoms with E-state index in [4.69, 9.17) is 11.6 Å². The van der Waals surface area contributed by atoms with Gasteiger partial charge < -0.3 is 0 Å². The van der Waals surface area contributed by atoms with Crippen molar-refractivity contribution in [3.05, 3.63) is 64.1 Å². The van der Waals surface area contributed by atoms with Crippen LogP contribution in [0.15, 0.2) is 36.4 Å². The van der Waals surface area contributed by atoms with Crippen LogP contribution in [0.5, 0.6) is 0 Å². The van der Waals surface area contributed by atoms with Gasteiger partial charge in [-0.15, -0.1) is 0 Å². The van der Waals surface area contributed by atoms with E-state index < -0.39 is 11.7 Å². The third-order valence-electron chi connectivity index (χ3n) is 3.20. The summed E-state index contributed by atoms with van der Waals surface area (Å²) in [5, 5.41) is 4.70. The molecule has 0 amide bonds. The van der Waals surface area contributed by atoms with Gasteiger partial charge in [0.1, 0.15) is 5.15 Å². The first-order valence-electron chi connectivity index (χ1n) is 6.51. The van der Waals surface area contributed by atoms with Gasteiger partial charge >= 0.3 is 6.18 Å². The molecule has 7 heteroatoms. The smallest absolute Gasteiger partial charge is 0.234 e. The first kappa shape index (κ1) is 14.8. The van der Waals surface area contributed by atoms with Crippen LogP contribution in [0.2, 0.25) is 5.15 Å². The Bertz CT molecular complexity index is 840. The van der Waals surface area contributed by atoms with Crippen LogP contribution in [0, 0.1) is 6.92 Å². The second kappa shape index (κ2) is 5.28. The highest BCUT2D eigenvalue weighted by atomic mass is 35.5. The third-order valence-corrected chi connectivity index (χ3v) is 3.47. The molecule has 0 radical (unpaired) electrons. The van der Waals surface area contributed by atoms with E-state index in [-0.39, 0.29) is 6.42 Å². The molecular weight excluding hydrogens is 315 g/mol. The molecule has 0 fully saturated rings. The van der Waals surface area contributed by atoms with Crippen LogP contribution in [0.25, 0.3) is 5.65 Å². The van der Waals surface area contributed by atoms with E-state index in [0.717, 1.165) is 17.8 Å². The van der Waals surface area contributed by atoms with E-state index in [2.05, 4.69) is 10.1 Å². The molecule has 3 rings (SSSR count). The maximum Gasteiger partial charge on any atom is 0.416 e. The van der Waals surface area contributed by atoms with Crippen LogP contribution in [0.3, 0.4) is 0 Å². The lowest BCUT2D eigenvalue weighted by atomic mass is 10.1. The van der Waals surface area contributed by atoms with Crippen LogP contribution < -0.4 is 0 Å². The third kappa shape index (κ3) is 2.92. The van der Waals surface area contributed by atoms with Crippen molar-refractivity contribution >= 4 is 17.2 Å². The highest BCUT2D eigenvalue weighted by Crippen LogP contribution is 2.30. The molecule has 0 bridgehead atoms. The summed E-state index contributed by atoms with van der Waals surface area (Å²) in [7, 11) is 0. The van der Waals surface area contributed by atoms with Gasteiger partial charge in [-0.25, -0.2) is 9.50 Å². The van der Waals surface area contributed by atoms with E-state index in [0.29, 0.717) is 22.1 Å². The Hall–Kier alpha value is -2.08. The van der Waals surface area contributed by atoms with Gasteiger partial charge in [0.25, 0.3) is 0 Å². The van der Waals surface area contributed by atoms with Gasteiger partial charge in [0, 0.05) is 18.2 Å². The van der Waals surface area contributed by atoms with Gasteiger partial charge in [-0.1, -0.05) is 29.8 Å². The molecule has 2 aromatic heterocycles. The molecule has 22 heavy (non-hydrogen) atoms. The van der Waals surface area contributed by atoms with E-state index in [1.165, 1.54) is 10.6 Å². The molecule has 0 aliphatic rings. The number of hydrogen-bond donors (Lipinski definition) is 0. The zero-order valence-electron chi connectivity index (χ0n) is 11.5. The normalized spacial score (nSPS) is 12.0. The lowest BCUT2D eigenvalue weighted by Crippen LogP contribution is -2.05. The van der Waals surface area contributed by atoms with Gasteiger partial charge in [0.15, 0.2) is 5.65 Å². The molecule has 0 aliphatic heterocycles. The Morgan fingerprint density at radius 2 is 1.95 bits per heavy atom. The van der Waals surface area contributed by atoms with Gasteiger partial charge in [0.2, 0.25) is 0 Å². The Labute approximate surface area is 129 Å². The SMILES string of the molecule is Cc1cc(Cl)n2nc(Cc3cccc(C(F)(F)F)c3)cc2n1. The van der Waals surface area contributed by atoms with E-state index in [1.54, 1.807) is 18.2 Å². The highest BCUT2D eigenvalue weighted by molar-refractivity contribution is 6.29. The zero-order chi connectivity index (χ0) is 15.9. The molecule has 0 aliphatic carbocycles. The summed E-state index contributed by atoms with van der Waals surface area (Å²) >= 11 is 6.08. The second-order valence-corrected chi connectivity index (χ2v) is 5.39. The maximum absolute atomic E-state index is 12.7. The summed E-state index contributed by atoms with van der Waals surface area (Å²) in [4.78, 5) is 4.29. The van der Waals surface area contributed by atoms with Crippen molar-refractivity contribution in [3.8, 4) is 0 Å². The molecule has 0 spiro atoms. The minimum absolute atomic E-state index is 0.280. The van der Waals surface area contributed by atoms with Gasteiger partial charge in [-0.3, -0.25) is 0 Å². The Balaban J connectivity index is 1.95. The number of benzene rings is 1. The summed E-state index contributed by atoms with van der Waals surface area (Å²) in [6.07, 6.45) is -4.07. The quantitative estimate of drug-likeness (QED) is 0.658. The van der Waals surface area contributed by atoms with Gasteiger partial charge in [-0.2, -0.15) is 18.3 Å². The van der Waals surface area contributed by atoms with E-state index in [9.17, 15) is 13.2 Å². The van der Waals surface area contributed by atoms with Crippen LogP contribution in [0.4, 0.5) is 13.2 Å². The number of aryl methyl sites for hydroxylation is 1. The molecule has 0 saturated carbocycles. The predicted octanol–water partition coefficient (Wildman–Crippen LogP) is 4.30. The topological polar surface area (TPSA) is 30.2 Å².